The minimum absolute atomic E-state index is 0.0227. The van der Waals surface area contributed by atoms with E-state index in [1.165, 1.54) is 0 Å². The molecule has 0 radical (unpaired) electrons. The summed E-state index contributed by atoms with van der Waals surface area (Å²) >= 11 is 0. The smallest absolute Gasteiger partial charge is 0.324 e. The van der Waals surface area contributed by atoms with E-state index in [9.17, 15) is 9.36 Å². The summed E-state index contributed by atoms with van der Waals surface area (Å²) in [7, 11) is -3.97. The molecule has 0 rings (SSSR count). The van der Waals surface area contributed by atoms with E-state index in [1.807, 2.05) is 0 Å². The van der Waals surface area contributed by atoms with Crippen molar-refractivity contribution in [2.45, 2.75) is 0 Å². The molecule has 5 nitrogen and oxygen atoms in total. The van der Waals surface area contributed by atoms with Crippen molar-refractivity contribution in [2.75, 3.05) is 12.8 Å². The van der Waals surface area contributed by atoms with Crippen molar-refractivity contribution in [3.63, 3.8) is 0 Å². The van der Waals surface area contributed by atoms with Crippen molar-refractivity contribution in [3.8, 4) is 0 Å². The van der Waals surface area contributed by atoms with E-state index in [4.69, 9.17) is 9.79 Å². The maximum absolute atomic E-state index is 10.0. The first-order valence-corrected chi connectivity index (χ1v) is 4.05. The summed E-state index contributed by atoms with van der Waals surface area (Å²) in [6.45, 7) is -0.0227. The fraction of sp³-hybridized carbons (Fsp3) is 0.667. The summed E-state index contributed by atoms with van der Waals surface area (Å²) in [4.78, 5) is 25.9. The largest absolute Gasteiger partial charge is 0.339 e. The Labute approximate surface area is 52.2 Å². The molecule has 0 spiro atoms. The van der Waals surface area contributed by atoms with Crippen LogP contribution in [0, 0.1) is 0 Å². The Kier molecular flexibility index (Phi) is 3.65. The lowest BCUT2D eigenvalue weighted by Gasteiger charge is -2.00. The van der Waals surface area contributed by atoms with Crippen molar-refractivity contribution in [3.05, 3.63) is 0 Å². The zero-order chi connectivity index (χ0) is 7.33. The monoisotopic (exact) mass is 153 g/mol. The molecule has 3 N–H and O–H groups in total. The molecule has 0 aromatic carbocycles. The summed E-state index contributed by atoms with van der Waals surface area (Å²) < 4.78 is 10.0. The van der Waals surface area contributed by atoms with Gasteiger partial charge in [-0.05, 0) is 0 Å². The summed E-state index contributed by atoms with van der Waals surface area (Å²) in [5.74, 6) is 0. The molecule has 0 saturated carbocycles. The average molecular weight is 153 g/mol. The van der Waals surface area contributed by atoms with Crippen LogP contribution in [-0.2, 0) is 9.36 Å². The second-order valence-corrected chi connectivity index (χ2v) is 3.09. The van der Waals surface area contributed by atoms with Gasteiger partial charge in [-0.15, -0.1) is 0 Å². The van der Waals surface area contributed by atoms with Gasteiger partial charge in [0.2, 0.25) is 0 Å². The molecule has 0 fully saturated rings. The van der Waals surface area contributed by atoms with Gasteiger partial charge in [-0.3, -0.25) is 9.88 Å². The summed E-state index contributed by atoms with van der Waals surface area (Å²) in [6, 6.07) is 0. The Bertz CT molecular complexity index is 130. The van der Waals surface area contributed by atoms with Gasteiger partial charge in [0.05, 0.1) is 12.8 Å². The molecule has 54 valence electrons. The quantitative estimate of drug-likeness (QED) is 0.271. The standard InChI is InChI=1S/C3H8NO4P/c5-2-1-4-3-9(6,7)8/h2,4H,1,3H2,(H2,6,7,8). The van der Waals surface area contributed by atoms with Crippen molar-refractivity contribution in [2.24, 2.45) is 0 Å². The number of nitrogens with one attached hydrogen (secondary N) is 1. The first-order chi connectivity index (χ1) is 4.06. The second kappa shape index (κ2) is 3.74. The van der Waals surface area contributed by atoms with Crippen LogP contribution in [0.3, 0.4) is 0 Å². The lowest BCUT2D eigenvalue weighted by atomic mass is 10.7. The molecule has 0 aliphatic heterocycles. The number of aldehydes is 1. The number of hydrogen-bond donors (Lipinski definition) is 3. The van der Waals surface area contributed by atoms with E-state index >= 15 is 0 Å². The Balaban J connectivity index is 3.28. The highest BCUT2D eigenvalue weighted by Crippen LogP contribution is 2.31. The topological polar surface area (TPSA) is 86.6 Å². The second-order valence-electron chi connectivity index (χ2n) is 1.44. The molecule has 0 aromatic rings. The molecule has 0 aromatic heterocycles. The van der Waals surface area contributed by atoms with Gasteiger partial charge in [-0.1, -0.05) is 0 Å². The van der Waals surface area contributed by atoms with Crippen LogP contribution in [0.25, 0.3) is 0 Å². The highest BCUT2D eigenvalue weighted by molar-refractivity contribution is 7.51. The van der Waals surface area contributed by atoms with Crippen LogP contribution in [0.15, 0.2) is 0 Å². The first-order valence-electron chi connectivity index (χ1n) is 2.25. The third-order valence-corrected chi connectivity index (χ3v) is 1.18. The molecule has 0 aliphatic rings. The van der Waals surface area contributed by atoms with Gasteiger partial charge in [0, 0.05) is 0 Å². The van der Waals surface area contributed by atoms with Crippen LogP contribution in [0.2, 0.25) is 0 Å². The number of hydrogen-bond acceptors (Lipinski definition) is 3. The van der Waals surface area contributed by atoms with Gasteiger partial charge in [-0.25, -0.2) is 0 Å². The maximum Gasteiger partial charge on any atom is 0.339 e. The molecule has 0 aliphatic carbocycles. The molecular weight excluding hydrogens is 145 g/mol. The normalized spacial score (nSPS) is 11.3. The third-order valence-electron chi connectivity index (χ3n) is 0.545. The molecule has 9 heavy (non-hydrogen) atoms. The van der Waals surface area contributed by atoms with Crippen LogP contribution >= 0.6 is 7.60 Å². The minimum atomic E-state index is -3.97. The van der Waals surface area contributed by atoms with E-state index in [0.717, 1.165) is 0 Å². The zero-order valence-electron chi connectivity index (χ0n) is 4.65. The number of carbonyl (C=O) groups excluding carboxylic acids is 1. The fourth-order valence-electron chi connectivity index (χ4n) is 0.269. The van der Waals surface area contributed by atoms with Gasteiger partial charge in [0.15, 0.2) is 0 Å². The molecule has 0 saturated heterocycles. The SMILES string of the molecule is O=CCNCP(=O)(O)O. The molecule has 6 heteroatoms. The predicted molar refractivity (Wildman–Crippen MR) is 31.0 cm³/mol. The van der Waals surface area contributed by atoms with Crippen molar-refractivity contribution in [1.29, 1.82) is 0 Å². The summed E-state index contributed by atoms with van der Waals surface area (Å²) in [5, 5.41) is 2.24. The molecule has 0 amide bonds. The van der Waals surface area contributed by atoms with Gasteiger partial charge >= 0.3 is 7.60 Å². The van der Waals surface area contributed by atoms with Crippen molar-refractivity contribution >= 4 is 13.9 Å². The zero-order valence-corrected chi connectivity index (χ0v) is 5.54. The number of rotatable bonds is 4. The molecular formula is C3H8NO4P. The molecule has 0 heterocycles. The average Bonchev–Trinajstić information content (AvgIpc) is 1.63. The van der Waals surface area contributed by atoms with Gasteiger partial charge in [0.1, 0.15) is 6.29 Å². The Morgan fingerprint density at radius 2 is 2.11 bits per heavy atom. The van der Waals surface area contributed by atoms with Crippen LogP contribution in [0.5, 0.6) is 0 Å². The van der Waals surface area contributed by atoms with Crippen LogP contribution < -0.4 is 5.32 Å². The Morgan fingerprint density at radius 3 is 2.44 bits per heavy atom. The van der Waals surface area contributed by atoms with Crippen molar-refractivity contribution < 1.29 is 19.1 Å². The predicted octanol–water partition coefficient (Wildman–Crippen LogP) is -1.09. The highest BCUT2D eigenvalue weighted by Gasteiger charge is 2.09. The van der Waals surface area contributed by atoms with Gasteiger partial charge < -0.3 is 14.6 Å². The Hall–Kier alpha value is -0.220. The van der Waals surface area contributed by atoms with E-state index in [-0.39, 0.29) is 6.54 Å². The highest BCUT2D eigenvalue weighted by atomic mass is 31.2. The third kappa shape index (κ3) is 7.78. The van der Waals surface area contributed by atoms with Crippen molar-refractivity contribution in [1.82, 2.24) is 5.32 Å². The number of carbonyl (C=O) groups is 1. The fourth-order valence-corrected chi connectivity index (χ4v) is 0.690. The lowest BCUT2D eigenvalue weighted by molar-refractivity contribution is -0.107. The minimum Gasteiger partial charge on any atom is -0.324 e. The van der Waals surface area contributed by atoms with E-state index in [2.05, 4.69) is 5.32 Å². The van der Waals surface area contributed by atoms with E-state index < -0.39 is 13.9 Å². The van der Waals surface area contributed by atoms with Crippen LogP contribution in [-0.4, -0.2) is 28.9 Å². The molecule has 0 atom stereocenters. The van der Waals surface area contributed by atoms with E-state index in [0.29, 0.717) is 6.29 Å². The maximum atomic E-state index is 10.0. The van der Waals surface area contributed by atoms with Crippen LogP contribution in [0.4, 0.5) is 0 Å². The first kappa shape index (κ1) is 8.78. The molecule has 0 bridgehead atoms. The van der Waals surface area contributed by atoms with E-state index in [1.54, 1.807) is 0 Å². The summed E-state index contributed by atoms with van der Waals surface area (Å²) in [6.07, 6.45) is 0.0986. The van der Waals surface area contributed by atoms with Crippen LogP contribution in [0.1, 0.15) is 0 Å². The van der Waals surface area contributed by atoms with Gasteiger partial charge in [-0.2, -0.15) is 0 Å². The van der Waals surface area contributed by atoms with Gasteiger partial charge in [0.25, 0.3) is 0 Å². The lowest BCUT2D eigenvalue weighted by Crippen LogP contribution is -2.17. The Morgan fingerprint density at radius 1 is 1.56 bits per heavy atom. The molecule has 0 unspecified atom stereocenters. The summed E-state index contributed by atoms with van der Waals surface area (Å²) in [5.41, 5.74) is 0.